The molecule has 166 valence electrons. The molecule has 31 heavy (non-hydrogen) atoms. The first kappa shape index (κ1) is 21.5. The molecule has 1 saturated heterocycles. The largest absolute Gasteiger partial charge is 0.353 e. The predicted octanol–water partition coefficient (Wildman–Crippen LogP) is 3.03. The van der Waals surface area contributed by atoms with E-state index < -0.39 is 0 Å². The smallest absolute Gasteiger partial charge is 0.235 e. The Morgan fingerprint density at radius 2 is 2.06 bits per heavy atom. The SMILES string of the molecule is Cc1noc(C23CC(NC(=O)CCCc4ccccc4)CC2CN(C(=O)C(C)C)C3)n1. The summed E-state index contributed by atoms with van der Waals surface area (Å²) in [5, 5.41) is 7.23. The molecule has 1 aromatic carbocycles. The third-order valence-corrected chi connectivity index (χ3v) is 6.71. The van der Waals surface area contributed by atoms with E-state index in [1.54, 1.807) is 0 Å². The highest BCUT2D eigenvalue weighted by Gasteiger charge is 2.58. The highest BCUT2D eigenvalue weighted by molar-refractivity contribution is 5.79. The van der Waals surface area contributed by atoms with Crippen molar-refractivity contribution >= 4 is 11.8 Å². The number of nitrogens with one attached hydrogen (secondary N) is 1. The van der Waals surface area contributed by atoms with Crippen LogP contribution in [-0.2, 0) is 21.4 Å². The van der Waals surface area contributed by atoms with Gasteiger partial charge in [-0.1, -0.05) is 49.3 Å². The minimum absolute atomic E-state index is 0.0413. The lowest BCUT2D eigenvalue weighted by atomic mass is 9.80. The zero-order valence-electron chi connectivity index (χ0n) is 18.6. The van der Waals surface area contributed by atoms with E-state index in [0.29, 0.717) is 31.2 Å². The van der Waals surface area contributed by atoms with E-state index >= 15 is 0 Å². The topological polar surface area (TPSA) is 88.3 Å². The molecule has 0 spiro atoms. The third kappa shape index (κ3) is 4.50. The molecule has 2 aromatic rings. The van der Waals surface area contributed by atoms with Crippen LogP contribution in [0.25, 0.3) is 0 Å². The van der Waals surface area contributed by atoms with Gasteiger partial charge >= 0.3 is 0 Å². The van der Waals surface area contributed by atoms with Gasteiger partial charge in [0.1, 0.15) is 0 Å². The zero-order valence-corrected chi connectivity index (χ0v) is 18.6. The van der Waals surface area contributed by atoms with E-state index in [2.05, 4.69) is 27.6 Å². The molecular weight excluding hydrogens is 392 g/mol. The van der Waals surface area contributed by atoms with Gasteiger partial charge in [0.15, 0.2) is 5.82 Å². The number of amides is 2. The third-order valence-electron chi connectivity index (χ3n) is 6.71. The molecule has 1 aromatic heterocycles. The molecule has 2 fully saturated rings. The second kappa shape index (κ2) is 8.81. The van der Waals surface area contributed by atoms with Crippen molar-refractivity contribution in [2.24, 2.45) is 11.8 Å². The van der Waals surface area contributed by atoms with Gasteiger partial charge in [-0.05, 0) is 44.1 Å². The molecule has 1 aliphatic carbocycles. The van der Waals surface area contributed by atoms with E-state index in [9.17, 15) is 9.59 Å². The van der Waals surface area contributed by atoms with Crippen LogP contribution in [0.15, 0.2) is 34.9 Å². The molecule has 2 aliphatic rings. The van der Waals surface area contributed by atoms with E-state index in [0.717, 1.165) is 25.7 Å². The average molecular weight is 425 g/mol. The molecule has 1 N–H and O–H groups in total. The van der Waals surface area contributed by atoms with E-state index in [1.807, 2.05) is 43.9 Å². The molecule has 3 unspecified atom stereocenters. The van der Waals surface area contributed by atoms with Crippen molar-refractivity contribution in [3.05, 3.63) is 47.6 Å². The zero-order chi connectivity index (χ0) is 22.0. The Kier molecular flexibility index (Phi) is 6.12. The Labute approximate surface area is 183 Å². The fourth-order valence-electron chi connectivity index (χ4n) is 5.24. The van der Waals surface area contributed by atoms with Crippen LogP contribution < -0.4 is 5.32 Å². The predicted molar refractivity (Wildman–Crippen MR) is 116 cm³/mol. The monoisotopic (exact) mass is 424 g/mol. The van der Waals surface area contributed by atoms with Crippen LogP contribution >= 0.6 is 0 Å². The van der Waals surface area contributed by atoms with Crippen LogP contribution in [0.5, 0.6) is 0 Å². The minimum Gasteiger partial charge on any atom is -0.353 e. The fourth-order valence-corrected chi connectivity index (χ4v) is 5.24. The van der Waals surface area contributed by atoms with Gasteiger partial charge in [-0.2, -0.15) is 4.98 Å². The number of benzene rings is 1. The first-order valence-corrected chi connectivity index (χ1v) is 11.3. The van der Waals surface area contributed by atoms with Crippen LogP contribution in [-0.4, -0.2) is 46.0 Å². The summed E-state index contributed by atoms with van der Waals surface area (Å²) in [7, 11) is 0. The van der Waals surface area contributed by atoms with Crippen molar-refractivity contribution in [3.8, 4) is 0 Å². The quantitative estimate of drug-likeness (QED) is 0.738. The number of aromatic nitrogens is 2. The first-order valence-electron chi connectivity index (χ1n) is 11.3. The number of carbonyl (C=O) groups excluding carboxylic acids is 2. The van der Waals surface area contributed by atoms with Crippen molar-refractivity contribution in [1.29, 1.82) is 0 Å². The summed E-state index contributed by atoms with van der Waals surface area (Å²) in [5.41, 5.74) is 0.889. The molecular formula is C24H32N4O3. The molecule has 2 amide bonds. The van der Waals surface area contributed by atoms with Crippen molar-refractivity contribution in [1.82, 2.24) is 20.4 Å². The lowest BCUT2D eigenvalue weighted by Gasteiger charge is -2.26. The van der Waals surface area contributed by atoms with Gasteiger partial charge < -0.3 is 14.7 Å². The number of carbonyl (C=O) groups is 2. The Morgan fingerprint density at radius 3 is 2.74 bits per heavy atom. The molecule has 1 aliphatic heterocycles. The maximum Gasteiger partial charge on any atom is 0.235 e. The van der Waals surface area contributed by atoms with Gasteiger partial charge in [0.05, 0.1) is 5.41 Å². The van der Waals surface area contributed by atoms with Gasteiger partial charge in [-0.15, -0.1) is 0 Å². The molecule has 7 nitrogen and oxygen atoms in total. The Hall–Kier alpha value is -2.70. The molecule has 2 heterocycles. The Bertz CT molecular complexity index is 926. The number of rotatable bonds is 7. The number of nitrogens with zero attached hydrogens (tertiary/aromatic N) is 3. The van der Waals surface area contributed by atoms with E-state index in [1.165, 1.54) is 5.56 Å². The summed E-state index contributed by atoms with van der Waals surface area (Å²) in [6, 6.07) is 10.3. The lowest BCUT2D eigenvalue weighted by molar-refractivity contribution is -0.134. The summed E-state index contributed by atoms with van der Waals surface area (Å²) in [6.07, 6.45) is 3.80. The van der Waals surface area contributed by atoms with Crippen molar-refractivity contribution < 1.29 is 14.1 Å². The lowest BCUT2D eigenvalue weighted by Crippen LogP contribution is -2.40. The maximum absolute atomic E-state index is 12.6. The summed E-state index contributed by atoms with van der Waals surface area (Å²) in [4.78, 5) is 31.7. The van der Waals surface area contributed by atoms with Crippen LogP contribution in [0.1, 0.15) is 56.8 Å². The van der Waals surface area contributed by atoms with Crippen molar-refractivity contribution in [2.75, 3.05) is 13.1 Å². The van der Waals surface area contributed by atoms with Crippen LogP contribution in [0, 0.1) is 18.8 Å². The van der Waals surface area contributed by atoms with Gasteiger partial charge in [0.25, 0.3) is 0 Å². The summed E-state index contributed by atoms with van der Waals surface area (Å²) < 4.78 is 5.60. The molecule has 0 radical (unpaired) electrons. The minimum atomic E-state index is -0.367. The molecule has 7 heteroatoms. The van der Waals surface area contributed by atoms with Crippen LogP contribution in [0.3, 0.4) is 0 Å². The molecule has 3 atom stereocenters. The van der Waals surface area contributed by atoms with Crippen LogP contribution in [0.2, 0.25) is 0 Å². The highest BCUT2D eigenvalue weighted by atomic mass is 16.5. The summed E-state index contributed by atoms with van der Waals surface area (Å²) in [5.74, 6) is 1.63. The number of fused-ring (bicyclic) bond motifs is 1. The molecule has 4 rings (SSSR count). The number of aryl methyl sites for hydroxylation is 2. The molecule has 0 bridgehead atoms. The number of hydrogen-bond donors (Lipinski definition) is 1. The average Bonchev–Trinajstić information content (AvgIpc) is 3.40. The second-order valence-electron chi connectivity index (χ2n) is 9.42. The Morgan fingerprint density at radius 1 is 1.29 bits per heavy atom. The Balaban J connectivity index is 1.39. The normalized spacial score (nSPS) is 25.1. The standard InChI is InChI=1S/C24H32N4O3/c1-16(2)22(30)28-14-19-12-20(13-24(19,15-28)23-25-17(3)27-31-23)26-21(29)11-7-10-18-8-5-4-6-9-18/h4-6,8-9,16,19-20H,7,10-15H2,1-3H3,(H,26,29). The summed E-state index contributed by atoms with van der Waals surface area (Å²) >= 11 is 0. The van der Waals surface area contributed by atoms with Gasteiger partial charge in [0.2, 0.25) is 17.7 Å². The van der Waals surface area contributed by atoms with Gasteiger partial charge in [0, 0.05) is 31.5 Å². The van der Waals surface area contributed by atoms with Gasteiger partial charge in [-0.3, -0.25) is 9.59 Å². The number of likely N-dealkylation sites (tertiary alicyclic amines) is 1. The van der Waals surface area contributed by atoms with Crippen molar-refractivity contribution in [3.63, 3.8) is 0 Å². The van der Waals surface area contributed by atoms with Crippen molar-refractivity contribution in [2.45, 2.75) is 64.3 Å². The van der Waals surface area contributed by atoms with E-state index in [-0.39, 0.29) is 35.1 Å². The fraction of sp³-hybridized carbons (Fsp3) is 0.583. The first-order chi connectivity index (χ1) is 14.9. The van der Waals surface area contributed by atoms with Crippen LogP contribution in [0.4, 0.5) is 0 Å². The van der Waals surface area contributed by atoms with E-state index in [4.69, 9.17) is 4.52 Å². The van der Waals surface area contributed by atoms with Gasteiger partial charge in [-0.25, -0.2) is 0 Å². The molecule has 1 saturated carbocycles. The highest BCUT2D eigenvalue weighted by Crippen LogP contribution is 2.50. The number of hydrogen-bond acceptors (Lipinski definition) is 5. The maximum atomic E-state index is 12.6. The summed E-state index contributed by atoms with van der Waals surface area (Å²) in [6.45, 7) is 6.93. The second-order valence-corrected chi connectivity index (χ2v) is 9.42.